The minimum absolute atomic E-state index is 0.0259. The summed E-state index contributed by atoms with van der Waals surface area (Å²) in [6.45, 7) is 9.37. The molecule has 0 aliphatic carbocycles. The quantitative estimate of drug-likeness (QED) is 0.316. The van der Waals surface area contributed by atoms with Gasteiger partial charge in [0.15, 0.2) is 0 Å². The van der Waals surface area contributed by atoms with Crippen LogP contribution >= 0.6 is 15.9 Å². The second-order valence-electron chi connectivity index (χ2n) is 10.2. The highest BCUT2D eigenvalue weighted by Crippen LogP contribution is 2.23. The average molecular weight is 550 g/mol. The largest absolute Gasteiger partial charge is 0.355 e. The molecule has 0 saturated heterocycles. The van der Waals surface area contributed by atoms with E-state index in [-0.39, 0.29) is 17.2 Å². The number of nitrogens with zero attached hydrogens (tertiary/aromatic N) is 1. The monoisotopic (exact) mass is 548 g/mol. The highest BCUT2D eigenvalue weighted by Gasteiger charge is 2.30. The zero-order valence-corrected chi connectivity index (χ0v) is 23.3. The van der Waals surface area contributed by atoms with Crippen LogP contribution in [0.15, 0.2) is 83.3 Å². The highest BCUT2D eigenvalue weighted by atomic mass is 79.9. The molecular formula is C31H37BrN2O2. The molecule has 36 heavy (non-hydrogen) atoms. The molecule has 0 radical (unpaired) electrons. The van der Waals surface area contributed by atoms with Gasteiger partial charge >= 0.3 is 0 Å². The van der Waals surface area contributed by atoms with Crippen LogP contribution < -0.4 is 5.32 Å². The van der Waals surface area contributed by atoms with E-state index >= 15 is 0 Å². The van der Waals surface area contributed by atoms with Gasteiger partial charge in [-0.05, 0) is 53.1 Å². The lowest BCUT2D eigenvalue weighted by atomic mass is 9.86. The number of benzene rings is 3. The molecule has 3 aromatic rings. The van der Waals surface area contributed by atoms with Crippen molar-refractivity contribution in [2.24, 2.45) is 0 Å². The molecule has 0 aliphatic rings. The van der Waals surface area contributed by atoms with Crippen LogP contribution in [0.4, 0.5) is 0 Å². The van der Waals surface area contributed by atoms with Crippen LogP contribution in [0.5, 0.6) is 0 Å². The number of hydrogen-bond acceptors (Lipinski definition) is 2. The summed E-state index contributed by atoms with van der Waals surface area (Å²) in [5, 5.41) is 2.95. The lowest BCUT2D eigenvalue weighted by molar-refractivity contribution is -0.141. The van der Waals surface area contributed by atoms with Crippen molar-refractivity contribution >= 4 is 27.7 Å². The number of hydrogen-bond donors (Lipinski definition) is 1. The fourth-order valence-electron chi connectivity index (χ4n) is 4.24. The second-order valence-corrected chi connectivity index (χ2v) is 11.1. The van der Waals surface area contributed by atoms with Crippen LogP contribution in [0.2, 0.25) is 0 Å². The Hall–Kier alpha value is -2.92. The van der Waals surface area contributed by atoms with Gasteiger partial charge in [-0.15, -0.1) is 0 Å². The summed E-state index contributed by atoms with van der Waals surface area (Å²) in [6.07, 6.45) is 1.44. The molecule has 0 aliphatic heterocycles. The molecule has 3 rings (SSSR count). The van der Waals surface area contributed by atoms with E-state index < -0.39 is 6.04 Å². The first-order valence-electron chi connectivity index (χ1n) is 12.6. The molecule has 0 spiro atoms. The van der Waals surface area contributed by atoms with Crippen molar-refractivity contribution in [1.82, 2.24) is 10.2 Å². The molecule has 1 unspecified atom stereocenters. The van der Waals surface area contributed by atoms with Gasteiger partial charge in [0.2, 0.25) is 11.8 Å². The number of rotatable bonds is 10. The van der Waals surface area contributed by atoms with Gasteiger partial charge in [-0.1, -0.05) is 103 Å². The predicted molar refractivity (Wildman–Crippen MR) is 151 cm³/mol. The predicted octanol–water partition coefficient (Wildman–Crippen LogP) is 6.46. The van der Waals surface area contributed by atoms with Crippen molar-refractivity contribution in [2.75, 3.05) is 6.54 Å². The molecule has 0 bridgehead atoms. The summed E-state index contributed by atoms with van der Waals surface area (Å²) >= 11 is 3.53. The number of halogens is 1. The molecule has 5 heteroatoms. The van der Waals surface area contributed by atoms with Gasteiger partial charge in [0.05, 0.1) is 0 Å². The zero-order valence-electron chi connectivity index (χ0n) is 21.8. The summed E-state index contributed by atoms with van der Waals surface area (Å²) in [6, 6.07) is 25.7. The van der Waals surface area contributed by atoms with Crippen LogP contribution in [-0.4, -0.2) is 29.3 Å². The maximum atomic E-state index is 13.7. The van der Waals surface area contributed by atoms with Crippen LogP contribution in [0, 0.1) is 0 Å². The SMILES string of the molecule is CCNC(=O)C(Cc1ccccc1)N(Cc1cccc(Br)c1)C(=O)CCc1ccc(C(C)(C)C)cc1. The Morgan fingerprint density at radius 3 is 2.17 bits per heavy atom. The average Bonchev–Trinajstić information content (AvgIpc) is 2.85. The van der Waals surface area contributed by atoms with Gasteiger partial charge in [-0.3, -0.25) is 9.59 Å². The van der Waals surface area contributed by atoms with E-state index in [2.05, 4.69) is 66.3 Å². The third-order valence-electron chi connectivity index (χ3n) is 6.31. The second kappa shape index (κ2) is 12.9. The molecule has 1 atom stereocenters. The molecule has 2 amide bonds. The molecular weight excluding hydrogens is 512 g/mol. The van der Waals surface area contributed by atoms with Crippen molar-refractivity contribution in [3.05, 3.63) is 106 Å². The molecule has 0 saturated carbocycles. The summed E-state index contributed by atoms with van der Waals surface area (Å²) in [4.78, 5) is 28.7. The van der Waals surface area contributed by atoms with Crippen molar-refractivity contribution in [1.29, 1.82) is 0 Å². The van der Waals surface area contributed by atoms with Crippen LogP contribution in [0.25, 0.3) is 0 Å². The Labute approximate surface area is 224 Å². The number of nitrogens with one attached hydrogen (secondary N) is 1. The number of amides is 2. The molecule has 1 N–H and O–H groups in total. The molecule has 0 aromatic heterocycles. The molecule has 190 valence electrons. The molecule has 4 nitrogen and oxygen atoms in total. The lowest BCUT2D eigenvalue weighted by Crippen LogP contribution is -2.50. The molecule has 3 aromatic carbocycles. The summed E-state index contributed by atoms with van der Waals surface area (Å²) in [7, 11) is 0. The first-order chi connectivity index (χ1) is 17.2. The highest BCUT2D eigenvalue weighted by molar-refractivity contribution is 9.10. The Bertz CT molecular complexity index is 1140. The maximum absolute atomic E-state index is 13.7. The fraction of sp³-hybridized carbons (Fsp3) is 0.355. The van der Waals surface area contributed by atoms with E-state index in [0.29, 0.717) is 32.4 Å². The maximum Gasteiger partial charge on any atom is 0.243 e. The summed E-state index contributed by atoms with van der Waals surface area (Å²) in [5.74, 6) is -0.152. The normalized spacial score (nSPS) is 12.1. The first kappa shape index (κ1) is 27.7. The third kappa shape index (κ3) is 8.06. The first-order valence-corrected chi connectivity index (χ1v) is 13.4. The van der Waals surface area contributed by atoms with Gasteiger partial charge in [-0.2, -0.15) is 0 Å². The topological polar surface area (TPSA) is 49.4 Å². The van der Waals surface area contributed by atoms with Gasteiger partial charge in [0, 0.05) is 30.4 Å². The van der Waals surface area contributed by atoms with E-state index in [4.69, 9.17) is 0 Å². The van der Waals surface area contributed by atoms with Crippen LogP contribution in [0.1, 0.15) is 56.4 Å². The number of carbonyl (C=O) groups excluding carboxylic acids is 2. The Kier molecular flexibility index (Phi) is 9.89. The Morgan fingerprint density at radius 2 is 1.56 bits per heavy atom. The third-order valence-corrected chi connectivity index (χ3v) is 6.80. The number of carbonyl (C=O) groups is 2. The molecule has 0 fully saturated rings. The van der Waals surface area contributed by atoms with Crippen molar-refractivity contribution in [3.63, 3.8) is 0 Å². The van der Waals surface area contributed by atoms with Gasteiger partial charge < -0.3 is 10.2 Å². The van der Waals surface area contributed by atoms with E-state index in [0.717, 1.165) is 21.2 Å². The standard InChI is InChI=1S/C31H37BrN2O2/c1-5-33-30(36)28(21-24-10-7-6-8-11-24)34(22-25-12-9-13-27(32)20-25)29(35)19-16-23-14-17-26(18-15-23)31(2,3)4/h6-15,17-18,20,28H,5,16,19,21-22H2,1-4H3,(H,33,36). The van der Waals surface area contributed by atoms with Gasteiger partial charge in [-0.25, -0.2) is 0 Å². The summed E-state index contributed by atoms with van der Waals surface area (Å²) < 4.78 is 0.948. The minimum Gasteiger partial charge on any atom is -0.355 e. The molecule has 0 heterocycles. The lowest BCUT2D eigenvalue weighted by Gasteiger charge is -2.31. The van der Waals surface area contributed by atoms with Crippen molar-refractivity contribution in [3.8, 4) is 0 Å². The van der Waals surface area contributed by atoms with Gasteiger partial charge in [0.1, 0.15) is 6.04 Å². The smallest absolute Gasteiger partial charge is 0.243 e. The Balaban J connectivity index is 1.86. The van der Waals surface area contributed by atoms with Gasteiger partial charge in [0.25, 0.3) is 0 Å². The summed E-state index contributed by atoms with van der Waals surface area (Å²) in [5.41, 5.74) is 4.49. The van der Waals surface area contributed by atoms with E-state index in [1.807, 2.05) is 61.5 Å². The Morgan fingerprint density at radius 1 is 0.889 bits per heavy atom. The zero-order chi connectivity index (χ0) is 26.1. The van der Waals surface area contributed by atoms with Crippen molar-refractivity contribution < 1.29 is 9.59 Å². The van der Waals surface area contributed by atoms with E-state index in [1.165, 1.54) is 5.56 Å². The minimum atomic E-state index is -0.595. The van der Waals surface area contributed by atoms with Crippen molar-refractivity contribution in [2.45, 2.75) is 65.0 Å². The van der Waals surface area contributed by atoms with Crippen LogP contribution in [-0.2, 0) is 34.4 Å². The number of likely N-dealkylation sites (N-methyl/N-ethyl adjacent to an activating group) is 1. The van der Waals surface area contributed by atoms with E-state index in [9.17, 15) is 9.59 Å². The van der Waals surface area contributed by atoms with E-state index in [1.54, 1.807) is 4.90 Å². The number of aryl methyl sites for hydroxylation is 1. The van der Waals surface area contributed by atoms with Crippen LogP contribution in [0.3, 0.4) is 0 Å². The fourth-order valence-corrected chi connectivity index (χ4v) is 4.69.